The number of nitrogens with zero attached hydrogens (tertiary/aromatic N) is 3. The highest BCUT2D eigenvalue weighted by Gasteiger charge is 2.16. The molecule has 0 amide bonds. The Labute approximate surface area is 135 Å². The van der Waals surface area contributed by atoms with E-state index in [1.54, 1.807) is 6.20 Å². The molecule has 5 heteroatoms. The fourth-order valence-corrected chi connectivity index (χ4v) is 3.15. The number of aromatic amines is 1. The summed E-state index contributed by atoms with van der Waals surface area (Å²) in [6.07, 6.45) is 9.83. The summed E-state index contributed by atoms with van der Waals surface area (Å²) < 4.78 is 7.72. The lowest BCUT2D eigenvalue weighted by Gasteiger charge is -2.23. The minimum Gasteiger partial charge on any atom is -0.381 e. The van der Waals surface area contributed by atoms with Crippen LogP contribution in [-0.2, 0) is 11.3 Å². The second-order valence-corrected chi connectivity index (χ2v) is 5.98. The minimum atomic E-state index is 0.671. The largest absolute Gasteiger partial charge is 0.381 e. The molecular weight excluding hydrogens is 288 g/mol. The van der Waals surface area contributed by atoms with E-state index in [1.165, 1.54) is 0 Å². The van der Waals surface area contributed by atoms with Crippen LogP contribution in [0.5, 0.6) is 0 Å². The van der Waals surface area contributed by atoms with E-state index in [0.717, 1.165) is 55.4 Å². The van der Waals surface area contributed by atoms with Gasteiger partial charge in [0.15, 0.2) is 0 Å². The molecule has 3 aromatic rings. The van der Waals surface area contributed by atoms with Gasteiger partial charge in [-0.25, -0.2) is 9.97 Å². The van der Waals surface area contributed by atoms with Crippen molar-refractivity contribution in [3.63, 3.8) is 0 Å². The first kappa shape index (κ1) is 14.2. The molecule has 1 aliphatic rings. The molecule has 1 aliphatic heterocycles. The zero-order chi connectivity index (χ0) is 15.5. The van der Waals surface area contributed by atoms with Gasteiger partial charge in [0, 0.05) is 55.7 Å². The summed E-state index contributed by atoms with van der Waals surface area (Å²) in [5.74, 6) is 2.57. The number of ether oxygens (including phenoxy) is 1. The van der Waals surface area contributed by atoms with Crippen molar-refractivity contribution in [3.8, 4) is 22.8 Å². The van der Waals surface area contributed by atoms with E-state index >= 15 is 0 Å². The van der Waals surface area contributed by atoms with Crippen molar-refractivity contribution in [1.82, 2.24) is 19.5 Å². The molecule has 0 spiro atoms. The third-order valence-corrected chi connectivity index (χ3v) is 4.40. The first-order chi connectivity index (χ1) is 11.4. The minimum absolute atomic E-state index is 0.671. The maximum atomic E-state index is 5.46. The normalized spacial score (nSPS) is 15.8. The van der Waals surface area contributed by atoms with Crippen LogP contribution >= 0.6 is 0 Å². The molecule has 0 unspecified atom stereocenters. The van der Waals surface area contributed by atoms with Gasteiger partial charge in [-0.2, -0.15) is 0 Å². The van der Waals surface area contributed by atoms with Crippen LogP contribution in [-0.4, -0.2) is 32.7 Å². The fraction of sp³-hybridized carbons (Fsp3) is 0.333. The summed E-state index contributed by atoms with van der Waals surface area (Å²) >= 11 is 0. The molecule has 0 bridgehead atoms. The summed E-state index contributed by atoms with van der Waals surface area (Å²) in [6.45, 7) is 2.76. The van der Waals surface area contributed by atoms with E-state index in [0.29, 0.717) is 5.92 Å². The van der Waals surface area contributed by atoms with Crippen LogP contribution in [0.1, 0.15) is 12.8 Å². The number of nitrogens with one attached hydrogen (secondary N) is 1. The van der Waals surface area contributed by atoms with Gasteiger partial charge >= 0.3 is 0 Å². The molecule has 3 heterocycles. The maximum Gasteiger partial charge on any atom is 0.139 e. The predicted octanol–water partition coefficient (Wildman–Crippen LogP) is 3.37. The highest BCUT2D eigenvalue weighted by atomic mass is 16.5. The first-order valence-corrected chi connectivity index (χ1v) is 8.09. The average molecular weight is 308 g/mol. The molecule has 1 saturated heterocycles. The van der Waals surface area contributed by atoms with Gasteiger partial charge in [-0.15, -0.1) is 0 Å². The van der Waals surface area contributed by atoms with Gasteiger partial charge in [-0.1, -0.05) is 18.2 Å². The van der Waals surface area contributed by atoms with Crippen LogP contribution in [0.3, 0.4) is 0 Å². The Morgan fingerprint density at radius 2 is 2.00 bits per heavy atom. The van der Waals surface area contributed by atoms with Crippen LogP contribution < -0.4 is 0 Å². The summed E-state index contributed by atoms with van der Waals surface area (Å²) in [5.41, 5.74) is 2.20. The van der Waals surface area contributed by atoms with Gasteiger partial charge in [0.1, 0.15) is 11.6 Å². The lowest BCUT2D eigenvalue weighted by molar-refractivity contribution is 0.0614. The molecule has 2 aromatic heterocycles. The Morgan fingerprint density at radius 3 is 2.83 bits per heavy atom. The molecule has 1 N–H and O–H groups in total. The van der Waals surface area contributed by atoms with E-state index in [9.17, 15) is 0 Å². The van der Waals surface area contributed by atoms with E-state index < -0.39 is 0 Å². The Morgan fingerprint density at radius 1 is 1.13 bits per heavy atom. The molecular formula is C18H20N4O. The van der Waals surface area contributed by atoms with Gasteiger partial charge in [0.25, 0.3) is 0 Å². The second kappa shape index (κ2) is 6.38. The van der Waals surface area contributed by atoms with Crippen LogP contribution in [0.15, 0.2) is 49.1 Å². The van der Waals surface area contributed by atoms with Crippen LogP contribution in [0.2, 0.25) is 0 Å². The third-order valence-electron chi connectivity index (χ3n) is 4.40. The van der Waals surface area contributed by atoms with E-state index in [-0.39, 0.29) is 0 Å². The van der Waals surface area contributed by atoms with E-state index in [2.05, 4.69) is 50.0 Å². The fourth-order valence-electron chi connectivity index (χ4n) is 3.15. The number of aromatic nitrogens is 4. The topological polar surface area (TPSA) is 55.7 Å². The van der Waals surface area contributed by atoms with E-state index in [1.807, 2.05) is 12.4 Å². The number of benzene rings is 1. The molecule has 5 nitrogen and oxygen atoms in total. The van der Waals surface area contributed by atoms with Crippen molar-refractivity contribution >= 4 is 0 Å². The summed E-state index contributed by atoms with van der Waals surface area (Å²) in [5, 5.41) is 0. The van der Waals surface area contributed by atoms with Crippen LogP contribution in [0.25, 0.3) is 22.8 Å². The Hall–Kier alpha value is -2.40. The quantitative estimate of drug-likeness (QED) is 0.804. The van der Waals surface area contributed by atoms with Crippen molar-refractivity contribution in [1.29, 1.82) is 0 Å². The highest BCUT2D eigenvalue weighted by Crippen LogP contribution is 2.25. The lowest BCUT2D eigenvalue weighted by atomic mass is 10.00. The predicted molar refractivity (Wildman–Crippen MR) is 88.8 cm³/mol. The first-order valence-electron chi connectivity index (χ1n) is 8.09. The van der Waals surface area contributed by atoms with Crippen molar-refractivity contribution < 1.29 is 4.74 Å². The Bertz CT molecular complexity index is 757. The van der Waals surface area contributed by atoms with Crippen LogP contribution in [0.4, 0.5) is 0 Å². The standard InChI is InChI=1S/C18H20N4O/c1-2-15(17-19-6-7-20-17)12-16(3-1)18-21-8-9-22(18)13-14-4-10-23-11-5-14/h1-3,6-9,12,14H,4-5,10-11,13H2,(H,19,20). The maximum absolute atomic E-state index is 5.46. The van der Waals surface area contributed by atoms with Crippen molar-refractivity contribution in [2.75, 3.05) is 13.2 Å². The van der Waals surface area contributed by atoms with Gasteiger partial charge in [-0.3, -0.25) is 0 Å². The number of imidazole rings is 2. The van der Waals surface area contributed by atoms with Gasteiger partial charge in [0.2, 0.25) is 0 Å². The zero-order valence-electron chi connectivity index (χ0n) is 13.0. The second-order valence-electron chi connectivity index (χ2n) is 5.98. The molecule has 0 saturated carbocycles. The Balaban J connectivity index is 1.61. The average Bonchev–Trinajstić information content (AvgIpc) is 3.28. The lowest BCUT2D eigenvalue weighted by Crippen LogP contribution is -2.20. The highest BCUT2D eigenvalue weighted by molar-refractivity contribution is 5.66. The Kier molecular flexibility index (Phi) is 3.94. The molecule has 1 fully saturated rings. The molecule has 0 radical (unpaired) electrons. The molecule has 118 valence electrons. The van der Waals surface area contributed by atoms with Crippen molar-refractivity contribution in [2.45, 2.75) is 19.4 Å². The smallest absolute Gasteiger partial charge is 0.139 e. The molecule has 4 rings (SSSR count). The zero-order valence-corrected chi connectivity index (χ0v) is 13.0. The number of hydrogen-bond donors (Lipinski definition) is 1. The monoisotopic (exact) mass is 308 g/mol. The van der Waals surface area contributed by atoms with Gasteiger partial charge in [0.05, 0.1) is 0 Å². The molecule has 0 atom stereocenters. The molecule has 23 heavy (non-hydrogen) atoms. The molecule has 1 aromatic carbocycles. The number of hydrogen-bond acceptors (Lipinski definition) is 3. The SMILES string of the molecule is c1cc(-c2ncc[nH]2)cc(-c2nccn2CC2CCOCC2)c1. The number of H-pyrrole nitrogens is 1. The van der Waals surface area contributed by atoms with E-state index in [4.69, 9.17) is 4.74 Å². The van der Waals surface area contributed by atoms with Crippen molar-refractivity contribution in [3.05, 3.63) is 49.1 Å². The van der Waals surface area contributed by atoms with Gasteiger partial charge in [-0.05, 0) is 24.8 Å². The third kappa shape index (κ3) is 3.05. The van der Waals surface area contributed by atoms with Crippen LogP contribution in [0, 0.1) is 5.92 Å². The summed E-state index contributed by atoms with van der Waals surface area (Å²) in [4.78, 5) is 12.1. The van der Waals surface area contributed by atoms with Gasteiger partial charge < -0.3 is 14.3 Å². The number of rotatable bonds is 4. The summed E-state index contributed by atoms with van der Waals surface area (Å²) in [6, 6.07) is 8.37. The molecule has 0 aliphatic carbocycles. The van der Waals surface area contributed by atoms with Crippen molar-refractivity contribution in [2.24, 2.45) is 5.92 Å². The summed E-state index contributed by atoms with van der Waals surface area (Å²) in [7, 11) is 0.